The van der Waals surface area contributed by atoms with Gasteiger partial charge < -0.3 is 11.1 Å². The zero-order valence-electron chi connectivity index (χ0n) is 11.3. The number of hydrogen-bond acceptors (Lipinski definition) is 6. The molecule has 0 bridgehead atoms. The molecule has 0 spiro atoms. The Bertz CT molecular complexity index is 786. The fraction of sp³-hybridized carbons (Fsp3) is 0.143. The highest BCUT2D eigenvalue weighted by atomic mass is 32.1. The molecule has 0 aromatic carbocycles. The van der Waals surface area contributed by atoms with E-state index in [2.05, 4.69) is 20.3 Å². The van der Waals surface area contributed by atoms with Crippen molar-refractivity contribution in [2.24, 2.45) is 5.73 Å². The summed E-state index contributed by atoms with van der Waals surface area (Å²) in [6.07, 6.45) is 1.73. The molecule has 1 atom stereocenters. The van der Waals surface area contributed by atoms with Crippen molar-refractivity contribution in [3.63, 3.8) is 0 Å². The van der Waals surface area contributed by atoms with E-state index in [1.807, 2.05) is 36.6 Å². The first-order valence-corrected chi connectivity index (χ1v) is 7.25. The standard InChI is InChI=1S/C14H13N5OS/c1-8(9-4-2-3-6-16-9)17-14-18-10-5-7-21-12(10)11(19-14)13(15)20/h2-8H,1H3,(H2,15,20)(H,17,18,19)/t8-/m0/s1. The number of thiophene rings is 1. The lowest BCUT2D eigenvalue weighted by Gasteiger charge is -2.13. The molecule has 0 radical (unpaired) electrons. The van der Waals surface area contributed by atoms with Crippen LogP contribution in [0.2, 0.25) is 0 Å². The minimum atomic E-state index is -0.557. The third-order valence-electron chi connectivity index (χ3n) is 3.01. The molecule has 6 nitrogen and oxygen atoms in total. The summed E-state index contributed by atoms with van der Waals surface area (Å²) in [5, 5.41) is 5.01. The number of fused-ring (bicyclic) bond motifs is 1. The molecule has 0 aliphatic rings. The Morgan fingerprint density at radius 3 is 2.90 bits per heavy atom. The maximum Gasteiger partial charge on any atom is 0.269 e. The summed E-state index contributed by atoms with van der Waals surface area (Å²) in [6, 6.07) is 7.44. The van der Waals surface area contributed by atoms with Crippen molar-refractivity contribution in [1.29, 1.82) is 0 Å². The molecule has 3 rings (SSSR count). The topological polar surface area (TPSA) is 93.8 Å². The molecule has 21 heavy (non-hydrogen) atoms. The number of primary amides is 1. The van der Waals surface area contributed by atoms with Gasteiger partial charge in [0.15, 0.2) is 5.69 Å². The normalized spacial score (nSPS) is 12.2. The highest BCUT2D eigenvalue weighted by Crippen LogP contribution is 2.24. The quantitative estimate of drug-likeness (QED) is 0.771. The molecule has 3 aromatic rings. The van der Waals surface area contributed by atoms with E-state index in [1.165, 1.54) is 11.3 Å². The van der Waals surface area contributed by atoms with Crippen LogP contribution in [0.5, 0.6) is 0 Å². The maximum absolute atomic E-state index is 11.5. The molecule has 0 saturated carbocycles. The molecule has 0 fully saturated rings. The maximum atomic E-state index is 11.5. The second kappa shape index (κ2) is 5.45. The fourth-order valence-corrected chi connectivity index (χ4v) is 2.82. The van der Waals surface area contributed by atoms with Gasteiger partial charge in [-0.2, -0.15) is 0 Å². The number of nitrogens with zero attached hydrogens (tertiary/aromatic N) is 3. The van der Waals surface area contributed by atoms with Gasteiger partial charge in [0.25, 0.3) is 5.91 Å². The SMILES string of the molecule is C[C@H](Nc1nc(C(N)=O)c2sccc2n1)c1ccccn1. The van der Waals surface area contributed by atoms with Crippen molar-refractivity contribution < 1.29 is 4.79 Å². The minimum Gasteiger partial charge on any atom is -0.364 e. The zero-order valence-corrected chi connectivity index (χ0v) is 12.1. The van der Waals surface area contributed by atoms with Gasteiger partial charge in [-0.25, -0.2) is 9.97 Å². The van der Waals surface area contributed by atoms with Crippen LogP contribution in [0.1, 0.15) is 29.1 Å². The fourth-order valence-electron chi connectivity index (χ4n) is 1.99. The number of nitrogens with one attached hydrogen (secondary N) is 1. The number of pyridine rings is 1. The van der Waals surface area contributed by atoms with Gasteiger partial charge in [-0.15, -0.1) is 11.3 Å². The predicted octanol–water partition coefficient (Wildman–Crippen LogP) is 2.36. The summed E-state index contributed by atoms with van der Waals surface area (Å²) in [4.78, 5) is 24.4. The average molecular weight is 299 g/mol. The van der Waals surface area contributed by atoms with Crippen LogP contribution in [0.15, 0.2) is 35.8 Å². The highest BCUT2D eigenvalue weighted by Gasteiger charge is 2.15. The van der Waals surface area contributed by atoms with E-state index in [9.17, 15) is 4.79 Å². The van der Waals surface area contributed by atoms with Crippen molar-refractivity contribution in [3.05, 3.63) is 47.2 Å². The second-order valence-corrected chi connectivity index (χ2v) is 5.43. The molecule has 106 valence electrons. The molecule has 0 unspecified atom stereocenters. The largest absolute Gasteiger partial charge is 0.364 e. The van der Waals surface area contributed by atoms with E-state index in [-0.39, 0.29) is 11.7 Å². The number of anilines is 1. The van der Waals surface area contributed by atoms with Gasteiger partial charge in [0.2, 0.25) is 5.95 Å². The van der Waals surface area contributed by atoms with Crippen molar-refractivity contribution >= 4 is 33.4 Å². The summed E-state index contributed by atoms with van der Waals surface area (Å²) >= 11 is 1.40. The van der Waals surface area contributed by atoms with Crippen molar-refractivity contribution in [2.45, 2.75) is 13.0 Å². The Balaban J connectivity index is 1.95. The summed E-state index contributed by atoms with van der Waals surface area (Å²) < 4.78 is 0.707. The molecule has 1 amide bonds. The third kappa shape index (κ3) is 2.68. The first-order chi connectivity index (χ1) is 10.1. The number of aromatic nitrogens is 3. The lowest BCUT2D eigenvalue weighted by Crippen LogP contribution is -2.17. The predicted molar refractivity (Wildman–Crippen MR) is 82.2 cm³/mol. The highest BCUT2D eigenvalue weighted by molar-refractivity contribution is 7.17. The van der Waals surface area contributed by atoms with Crippen LogP contribution in [0.3, 0.4) is 0 Å². The third-order valence-corrected chi connectivity index (χ3v) is 3.92. The van der Waals surface area contributed by atoms with E-state index in [0.717, 1.165) is 5.69 Å². The number of carbonyl (C=O) groups is 1. The van der Waals surface area contributed by atoms with Crippen molar-refractivity contribution in [1.82, 2.24) is 15.0 Å². The number of hydrogen-bond donors (Lipinski definition) is 2. The summed E-state index contributed by atoms with van der Waals surface area (Å²) in [7, 11) is 0. The van der Waals surface area contributed by atoms with Crippen LogP contribution < -0.4 is 11.1 Å². The Hall–Kier alpha value is -2.54. The van der Waals surface area contributed by atoms with Crippen LogP contribution in [0.25, 0.3) is 10.2 Å². The Kier molecular flexibility index (Phi) is 3.49. The van der Waals surface area contributed by atoms with Gasteiger partial charge in [-0.05, 0) is 30.5 Å². The van der Waals surface area contributed by atoms with E-state index in [0.29, 0.717) is 16.2 Å². The summed E-state index contributed by atoms with van der Waals surface area (Å²) in [6.45, 7) is 1.95. The molecule has 3 heterocycles. The van der Waals surface area contributed by atoms with Gasteiger partial charge >= 0.3 is 0 Å². The van der Waals surface area contributed by atoms with Crippen LogP contribution in [0.4, 0.5) is 5.95 Å². The molecule has 0 aliphatic carbocycles. The van der Waals surface area contributed by atoms with Crippen LogP contribution in [0, 0.1) is 0 Å². The Morgan fingerprint density at radius 2 is 2.19 bits per heavy atom. The monoisotopic (exact) mass is 299 g/mol. The molecule has 3 N–H and O–H groups in total. The van der Waals surface area contributed by atoms with Gasteiger partial charge in [0.1, 0.15) is 0 Å². The number of carbonyl (C=O) groups excluding carboxylic acids is 1. The van der Waals surface area contributed by atoms with Gasteiger partial charge in [0, 0.05) is 6.20 Å². The average Bonchev–Trinajstić information content (AvgIpc) is 2.95. The summed E-state index contributed by atoms with van der Waals surface area (Å²) in [5.41, 5.74) is 7.20. The zero-order chi connectivity index (χ0) is 14.8. The van der Waals surface area contributed by atoms with Gasteiger partial charge in [-0.3, -0.25) is 9.78 Å². The first kappa shape index (κ1) is 13.4. The second-order valence-electron chi connectivity index (χ2n) is 4.52. The van der Waals surface area contributed by atoms with Crippen LogP contribution in [-0.2, 0) is 0 Å². The first-order valence-electron chi connectivity index (χ1n) is 6.37. The van der Waals surface area contributed by atoms with Crippen LogP contribution in [-0.4, -0.2) is 20.9 Å². The van der Waals surface area contributed by atoms with Gasteiger partial charge in [-0.1, -0.05) is 6.07 Å². The molecule has 0 saturated heterocycles. The minimum absolute atomic E-state index is 0.0805. The lowest BCUT2D eigenvalue weighted by atomic mass is 10.2. The summed E-state index contributed by atoms with van der Waals surface area (Å²) in [5.74, 6) is -0.189. The number of nitrogens with two attached hydrogens (primary N) is 1. The van der Waals surface area contributed by atoms with Crippen molar-refractivity contribution in [2.75, 3.05) is 5.32 Å². The van der Waals surface area contributed by atoms with E-state index in [4.69, 9.17) is 5.73 Å². The lowest BCUT2D eigenvalue weighted by molar-refractivity contribution is 0.0997. The Morgan fingerprint density at radius 1 is 1.33 bits per heavy atom. The van der Waals surface area contributed by atoms with Gasteiger partial charge in [0.05, 0.1) is 22.0 Å². The van der Waals surface area contributed by atoms with E-state index < -0.39 is 5.91 Å². The number of amides is 1. The number of rotatable bonds is 4. The smallest absolute Gasteiger partial charge is 0.269 e. The molecule has 0 aliphatic heterocycles. The molecule has 3 aromatic heterocycles. The van der Waals surface area contributed by atoms with E-state index in [1.54, 1.807) is 6.20 Å². The molecule has 7 heteroatoms. The Labute approximate surface area is 125 Å². The van der Waals surface area contributed by atoms with E-state index >= 15 is 0 Å². The molecular weight excluding hydrogens is 286 g/mol. The van der Waals surface area contributed by atoms with Crippen LogP contribution >= 0.6 is 11.3 Å². The molecular formula is C14H13N5OS. The van der Waals surface area contributed by atoms with Crippen molar-refractivity contribution in [3.8, 4) is 0 Å².